The molecule has 3 heteroatoms. The first-order valence-corrected chi connectivity index (χ1v) is 7.15. The third-order valence-electron chi connectivity index (χ3n) is 3.73. The van der Waals surface area contributed by atoms with E-state index in [2.05, 4.69) is 17.4 Å². The Labute approximate surface area is 115 Å². The van der Waals surface area contributed by atoms with Gasteiger partial charge in [0.1, 0.15) is 0 Å². The number of nitrogens with one attached hydrogen (secondary N) is 1. The van der Waals surface area contributed by atoms with Gasteiger partial charge < -0.3 is 10.1 Å². The summed E-state index contributed by atoms with van der Waals surface area (Å²) in [7, 11) is 2.02. The molecule has 1 atom stereocenters. The van der Waals surface area contributed by atoms with Gasteiger partial charge in [-0.25, -0.2) is 0 Å². The van der Waals surface area contributed by atoms with Crippen LogP contribution in [0.5, 0.6) is 0 Å². The normalized spacial score (nSPS) is 18.8. The first-order chi connectivity index (χ1) is 8.79. The molecule has 0 radical (unpaired) electrons. The summed E-state index contributed by atoms with van der Waals surface area (Å²) in [5, 5.41) is 4.13. The van der Waals surface area contributed by atoms with Crippen molar-refractivity contribution in [2.45, 2.75) is 25.2 Å². The third-order valence-corrected chi connectivity index (χ3v) is 3.96. The van der Waals surface area contributed by atoms with Gasteiger partial charge >= 0.3 is 0 Å². The molecule has 100 valence electrons. The highest BCUT2D eigenvalue weighted by atomic mass is 35.5. The Hall–Kier alpha value is -0.570. The molecule has 1 fully saturated rings. The molecule has 0 spiro atoms. The van der Waals surface area contributed by atoms with Crippen LogP contribution >= 0.6 is 11.6 Å². The lowest BCUT2D eigenvalue weighted by molar-refractivity contribution is 0.0617. The molecular weight excluding hydrogens is 246 g/mol. The zero-order chi connectivity index (χ0) is 12.8. The summed E-state index contributed by atoms with van der Waals surface area (Å²) < 4.78 is 5.43. The molecule has 1 saturated heterocycles. The first kappa shape index (κ1) is 13.9. The average Bonchev–Trinajstić information content (AvgIpc) is 2.39. The van der Waals surface area contributed by atoms with Crippen LogP contribution in [0.15, 0.2) is 24.3 Å². The molecule has 0 saturated carbocycles. The quantitative estimate of drug-likeness (QED) is 0.882. The molecule has 1 aliphatic rings. The Kier molecular flexibility index (Phi) is 5.48. The molecule has 0 aromatic heterocycles. The van der Waals surface area contributed by atoms with Gasteiger partial charge in [0.2, 0.25) is 0 Å². The number of hydrogen-bond acceptors (Lipinski definition) is 2. The molecule has 1 aromatic rings. The third kappa shape index (κ3) is 3.98. The predicted molar refractivity (Wildman–Crippen MR) is 76.3 cm³/mol. The van der Waals surface area contributed by atoms with Crippen molar-refractivity contribution in [1.82, 2.24) is 5.32 Å². The maximum atomic E-state index is 6.09. The fraction of sp³-hybridized carbons (Fsp3) is 0.600. The highest BCUT2D eigenvalue weighted by Crippen LogP contribution is 2.30. The second-order valence-corrected chi connectivity index (χ2v) is 5.54. The summed E-state index contributed by atoms with van der Waals surface area (Å²) in [4.78, 5) is 0. The van der Waals surface area contributed by atoms with E-state index < -0.39 is 0 Å². The summed E-state index contributed by atoms with van der Waals surface area (Å²) in [6.07, 6.45) is 3.62. The van der Waals surface area contributed by atoms with Crippen molar-refractivity contribution in [2.24, 2.45) is 5.92 Å². The summed E-state index contributed by atoms with van der Waals surface area (Å²) in [5.41, 5.74) is 1.35. The van der Waals surface area contributed by atoms with Gasteiger partial charge in [0, 0.05) is 24.8 Å². The highest BCUT2D eigenvalue weighted by Gasteiger charge is 2.20. The number of likely N-dealkylation sites (N-methyl/N-ethyl adjacent to an activating group) is 1. The lowest BCUT2D eigenvalue weighted by Gasteiger charge is -2.27. The lowest BCUT2D eigenvalue weighted by Crippen LogP contribution is -2.23. The van der Waals surface area contributed by atoms with Gasteiger partial charge in [-0.15, -0.1) is 0 Å². The van der Waals surface area contributed by atoms with Gasteiger partial charge in [-0.1, -0.05) is 23.7 Å². The number of hydrogen-bond donors (Lipinski definition) is 1. The maximum Gasteiger partial charge on any atom is 0.0468 e. The van der Waals surface area contributed by atoms with E-state index in [1.54, 1.807) is 0 Å². The maximum absolute atomic E-state index is 6.09. The second-order valence-electron chi connectivity index (χ2n) is 5.10. The van der Waals surface area contributed by atoms with Crippen LogP contribution in [-0.4, -0.2) is 26.8 Å². The minimum atomic E-state index is 0.553. The van der Waals surface area contributed by atoms with E-state index >= 15 is 0 Å². The van der Waals surface area contributed by atoms with Crippen LogP contribution < -0.4 is 5.32 Å². The molecular formula is C15H22ClNO. The van der Waals surface area contributed by atoms with Crippen molar-refractivity contribution in [3.05, 3.63) is 34.9 Å². The van der Waals surface area contributed by atoms with Crippen LogP contribution in [0.3, 0.4) is 0 Å². The predicted octanol–water partition coefficient (Wildman–Crippen LogP) is 3.46. The molecule has 1 aliphatic heterocycles. The summed E-state index contributed by atoms with van der Waals surface area (Å²) in [6.45, 7) is 2.86. The van der Waals surface area contributed by atoms with Crippen molar-refractivity contribution in [3.63, 3.8) is 0 Å². The Morgan fingerprint density at radius 2 is 2.17 bits per heavy atom. The van der Waals surface area contributed by atoms with Gasteiger partial charge in [0.15, 0.2) is 0 Å². The topological polar surface area (TPSA) is 21.3 Å². The van der Waals surface area contributed by atoms with Crippen molar-refractivity contribution >= 4 is 11.6 Å². The van der Waals surface area contributed by atoms with Crippen molar-refractivity contribution in [3.8, 4) is 0 Å². The monoisotopic (exact) mass is 267 g/mol. The van der Waals surface area contributed by atoms with E-state index in [0.29, 0.717) is 5.92 Å². The molecule has 0 aliphatic carbocycles. The number of benzene rings is 1. The van der Waals surface area contributed by atoms with Crippen LogP contribution in [0.25, 0.3) is 0 Å². The minimum absolute atomic E-state index is 0.553. The second kappa shape index (κ2) is 7.13. The van der Waals surface area contributed by atoms with Gasteiger partial charge in [0.05, 0.1) is 0 Å². The largest absolute Gasteiger partial charge is 0.381 e. The van der Waals surface area contributed by atoms with Crippen molar-refractivity contribution < 1.29 is 4.74 Å². The average molecular weight is 268 g/mol. The smallest absolute Gasteiger partial charge is 0.0468 e. The highest BCUT2D eigenvalue weighted by molar-refractivity contribution is 6.30. The van der Waals surface area contributed by atoms with Crippen molar-refractivity contribution in [2.75, 3.05) is 26.8 Å². The summed E-state index contributed by atoms with van der Waals surface area (Å²) in [6, 6.07) is 8.27. The molecule has 1 heterocycles. The van der Waals surface area contributed by atoms with Crippen molar-refractivity contribution in [1.29, 1.82) is 0 Å². The van der Waals surface area contributed by atoms with Crippen LogP contribution in [0.4, 0.5) is 0 Å². The number of rotatable bonds is 5. The van der Waals surface area contributed by atoms with Crippen LogP contribution in [0.1, 0.15) is 30.7 Å². The van der Waals surface area contributed by atoms with Gasteiger partial charge in [-0.2, -0.15) is 0 Å². The Balaban J connectivity index is 2.02. The molecule has 1 aromatic carbocycles. The van der Waals surface area contributed by atoms with Gasteiger partial charge in [-0.05, 0) is 55.8 Å². The first-order valence-electron chi connectivity index (χ1n) is 6.77. The zero-order valence-corrected chi connectivity index (χ0v) is 11.7. The molecule has 0 amide bonds. The molecule has 2 nitrogen and oxygen atoms in total. The van der Waals surface area contributed by atoms with Gasteiger partial charge in [-0.3, -0.25) is 0 Å². The van der Waals surface area contributed by atoms with Gasteiger partial charge in [0.25, 0.3) is 0 Å². The molecule has 1 unspecified atom stereocenters. The molecule has 1 N–H and O–H groups in total. The Bertz CT molecular complexity index is 363. The van der Waals surface area contributed by atoms with Crippen LogP contribution in [-0.2, 0) is 4.74 Å². The van der Waals surface area contributed by atoms with Crippen LogP contribution in [0, 0.1) is 5.92 Å². The number of ether oxygens (including phenoxy) is 1. The lowest BCUT2D eigenvalue weighted by atomic mass is 9.85. The van der Waals surface area contributed by atoms with Crippen LogP contribution in [0.2, 0.25) is 5.02 Å². The zero-order valence-electron chi connectivity index (χ0n) is 11.0. The van der Waals surface area contributed by atoms with E-state index in [-0.39, 0.29) is 0 Å². The Morgan fingerprint density at radius 3 is 2.83 bits per heavy atom. The fourth-order valence-corrected chi connectivity index (χ4v) is 2.93. The molecule has 18 heavy (non-hydrogen) atoms. The summed E-state index contributed by atoms with van der Waals surface area (Å²) in [5.74, 6) is 1.34. The fourth-order valence-electron chi connectivity index (χ4n) is 2.73. The SMILES string of the molecule is CNCC(CC1CCOCC1)c1cccc(Cl)c1. The van der Waals surface area contributed by atoms with E-state index in [0.717, 1.165) is 30.7 Å². The Morgan fingerprint density at radius 1 is 1.39 bits per heavy atom. The summed E-state index contributed by atoms with van der Waals surface area (Å²) >= 11 is 6.09. The minimum Gasteiger partial charge on any atom is -0.381 e. The van der Waals surface area contributed by atoms with E-state index in [4.69, 9.17) is 16.3 Å². The molecule has 0 bridgehead atoms. The van der Waals surface area contributed by atoms with E-state index in [9.17, 15) is 0 Å². The molecule has 2 rings (SSSR count). The van der Waals surface area contributed by atoms with E-state index in [1.165, 1.54) is 24.8 Å². The van der Waals surface area contributed by atoms with E-state index in [1.807, 2.05) is 19.2 Å². The number of halogens is 1. The standard InChI is InChI=1S/C15H22ClNO/c1-17-11-14(9-12-5-7-18-8-6-12)13-3-2-4-15(16)10-13/h2-4,10,12,14,17H,5-9,11H2,1H3.